The zero-order valence-electron chi connectivity index (χ0n) is 35.5. The second-order valence-electron chi connectivity index (χ2n) is 16.1. The summed E-state index contributed by atoms with van der Waals surface area (Å²) in [5, 5.41) is 0. The maximum Gasteiger partial charge on any atom is 0.306 e. The molecule has 53 heavy (non-hydrogen) atoms. The highest BCUT2D eigenvalue weighted by atomic mass is 31.2. The van der Waals surface area contributed by atoms with Gasteiger partial charge in [0.25, 0.3) is 7.82 Å². The molecule has 0 N–H and O–H groups in total. The molecule has 8 nitrogen and oxygen atoms in total. The van der Waals surface area contributed by atoms with E-state index in [9.17, 15) is 14.3 Å². The van der Waals surface area contributed by atoms with Gasteiger partial charge in [-0.25, -0.2) is 0 Å². The van der Waals surface area contributed by atoms with Gasteiger partial charge >= 0.3 is 5.97 Å². The van der Waals surface area contributed by atoms with Crippen molar-refractivity contribution in [3.63, 3.8) is 0 Å². The van der Waals surface area contributed by atoms with Crippen LogP contribution < -0.4 is 4.89 Å². The van der Waals surface area contributed by atoms with Crippen LogP contribution in [0.2, 0.25) is 0 Å². The van der Waals surface area contributed by atoms with Crippen LogP contribution in [0.3, 0.4) is 0 Å². The van der Waals surface area contributed by atoms with Crippen molar-refractivity contribution >= 4 is 13.8 Å². The van der Waals surface area contributed by atoms with Crippen LogP contribution >= 0.6 is 7.82 Å². The maximum absolute atomic E-state index is 12.6. The molecule has 0 aromatic heterocycles. The van der Waals surface area contributed by atoms with Crippen LogP contribution in [0, 0.1) is 0 Å². The topological polar surface area (TPSA) is 94.1 Å². The molecule has 0 aliphatic heterocycles. The number of allylic oxidation sites excluding steroid dienone is 4. The van der Waals surface area contributed by atoms with Crippen LogP contribution in [0.4, 0.5) is 0 Å². The highest BCUT2D eigenvalue weighted by Crippen LogP contribution is 2.38. The Morgan fingerprint density at radius 1 is 0.585 bits per heavy atom. The molecule has 314 valence electrons. The summed E-state index contributed by atoms with van der Waals surface area (Å²) in [6.07, 6.45) is 42.0. The minimum Gasteiger partial charge on any atom is -0.756 e. The molecule has 0 amide bonds. The fourth-order valence-corrected chi connectivity index (χ4v) is 6.80. The lowest BCUT2D eigenvalue weighted by atomic mass is 10.0. The third kappa shape index (κ3) is 42.0. The zero-order valence-corrected chi connectivity index (χ0v) is 36.4. The second-order valence-corrected chi connectivity index (χ2v) is 17.5. The van der Waals surface area contributed by atoms with Crippen molar-refractivity contribution in [1.29, 1.82) is 0 Å². The highest BCUT2D eigenvalue weighted by Gasteiger charge is 2.20. The van der Waals surface area contributed by atoms with E-state index in [4.69, 9.17) is 18.5 Å². The molecule has 0 saturated heterocycles. The summed E-state index contributed by atoms with van der Waals surface area (Å²) in [5.41, 5.74) is 0. The average molecular weight is 772 g/mol. The van der Waals surface area contributed by atoms with Crippen molar-refractivity contribution in [1.82, 2.24) is 0 Å². The molecule has 0 fully saturated rings. The maximum atomic E-state index is 12.6. The van der Waals surface area contributed by atoms with Crippen molar-refractivity contribution in [2.75, 3.05) is 54.1 Å². The average Bonchev–Trinajstić information content (AvgIpc) is 3.11. The largest absolute Gasteiger partial charge is 0.756 e. The first-order chi connectivity index (χ1) is 25.6. The van der Waals surface area contributed by atoms with E-state index in [1.54, 1.807) is 0 Å². The molecule has 0 heterocycles. The number of rotatable bonds is 41. The third-order valence-electron chi connectivity index (χ3n) is 9.52. The van der Waals surface area contributed by atoms with Gasteiger partial charge in [0.2, 0.25) is 0 Å². The van der Waals surface area contributed by atoms with E-state index < -0.39 is 19.9 Å². The number of likely N-dealkylation sites (N-methyl/N-ethyl adjacent to an activating group) is 1. The number of nitrogens with zero attached hydrogens (tertiary/aromatic N) is 1. The van der Waals surface area contributed by atoms with Crippen molar-refractivity contribution in [3.8, 4) is 0 Å². The molecule has 0 bridgehead atoms. The Balaban J connectivity index is 4.28. The van der Waals surface area contributed by atoms with Gasteiger partial charge in [0.15, 0.2) is 0 Å². The van der Waals surface area contributed by atoms with Crippen LogP contribution in [0.15, 0.2) is 24.3 Å². The van der Waals surface area contributed by atoms with E-state index in [2.05, 4.69) is 32.1 Å². The fraction of sp³-hybridized carbons (Fsp3) is 0.886. The van der Waals surface area contributed by atoms with Gasteiger partial charge < -0.3 is 27.9 Å². The van der Waals surface area contributed by atoms with E-state index in [0.29, 0.717) is 24.1 Å². The molecule has 0 spiro atoms. The molecule has 0 aliphatic carbocycles. The van der Waals surface area contributed by atoms with Crippen molar-refractivity contribution in [2.24, 2.45) is 0 Å². The molecule has 0 aromatic rings. The molecule has 0 aliphatic rings. The Kier molecular flexibility index (Phi) is 37.2. The summed E-state index contributed by atoms with van der Waals surface area (Å²) in [6.45, 7) is 5.36. The number of carbonyl (C=O) groups excluding carboxylic acids is 1. The lowest BCUT2D eigenvalue weighted by Crippen LogP contribution is -2.37. The highest BCUT2D eigenvalue weighted by molar-refractivity contribution is 7.45. The van der Waals surface area contributed by atoms with Gasteiger partial charge in [-0.3, -0.25) is 9.36 Å². The number of esters is 1. The monoisotopic (exact) mass is 772 g/mol. The van der Waals surface area contributed by atoms with Crippen molar-refractivity contribution in [3.05, 3.63) is 24.3 Å². The van der Waals surface area contributed by atoms with Gasteiger partial charge in [-0.05, 0) is 32.1 Å². The first kappa shape index (κ1) is 52.0. The SMILES string of the molecule is CCCCCCCCCC/C=C\C/C=C\CCC(=O)OC(COCCCCCCCCCCCCCCCCCC)COP(=O)([O-])OCC[N+](C)(C)C. The van der Waals surface area contributed by atoms with Crippen LogP contribution in [0.25, 0.3) is 0 Å². The standard InChI is InChI=1S/C44H86NO7P/c1-6-8-10-12-14-16-18-20-22-24-26-28-30-32-34-36-39-49-41-43(42-51-53(47,48)50-40-38-45(3,4)5)52-44(46)37-35-33-31-29-27-25-23-21-19-17-15-13-11-9-7-2/h25,27,31,33,43H,6-24,26,28-30,32,34-42H2,1-5H3/b27-25-,33-31-. The number of phosphoric ester groups is 1. The molecular weight excluding hydrogens is 685 g/mol. The predicted molar refractivity (Wildman–Crippen MR) is 222 cm³/mol. The lowest BCUT2D eigenvalue weighted by Gasteiger charge is -2.28. The Hall–Kier alpha value is -1.02. The van der Waals surface area contributed by atoms with E-state index >= 15 is 0 Å². The molecule has 0 rings (SSSR count). The first-order valence-corrected chi connectivity index (χ1v) is 23.5. The molecule has 0 radical (unpaired) electrons. The van der Waals surface area contributed by atoms with Gasteiger partial charge in [0.1, 0.15) is 19.3 Å². The number of hydrogen-bond donors (Lipinski definition) is 0. The van der Waals surface area contributed by atoms with E-state index in [-0.39, 0.29) is 26.2 Å². The normalized spacial score (nSPS) is 14.0. The Morgan fingerprint density at radius 3 is 1.53 bits per heavy atom. The van der Waals surface area contributed by atoms with Crippen LogP contribution in [-0.2, 0) is 27.9 Å². The third-order valence-corrected chi connectivity index (χ3v) is 10.5. The fourth-order valence-electron chi connectivity index (χ4n) is 6.07. The summed E-state index contributed by atoms with van der Waals surface area (Å²) in [6, 6.07) is 0. The summed E-state index contributed by atoms with van der Waals surface area (Å²) >= 11 is 0. The summed E-state index contributed by atoms with van der Waals surface area (Å²) in [4.78, 5) is 25.0. The van der Waals surface area contributed by atoms with E-state index in [1.807, 2.05) is 27.2 Å². The smallest absolute Gasteiger partial charge is 0.306 e. The van der Waals surface area contributed by atoms with E-state index in [1.165, 1.54) is 141 Å². The van der Waals surface area contributed by atoms with Gasteiger partial charge in [-0.1, -0.05) is 179 Å². The number of ether oxygens (including phenoxy) is 2. The van der Waals surface area contributed by atoms with Gasteiger partial charge in [-0.15, -0.1) is 0 Å². The minimum absolute atomic E-state index is 0.0191. The molecular formula is C44H86NO7P. The number of hydrogen-bond acceptors (Lipinski definition) is 7. The van der Waals surface area contributed by atoms with Gasteiger partial charge in [0.05, 0.1) is 34.4 Å². The van der Waals surface area contributed by atoms with Crippen LogP contribution in [0.1, 0.15) is 194 Å². The molecule has 2 atom stereocenters. The second kappa shape index (κ2) is 37.9. The molecule has 0 aromatic carbocycles. The van der Waals surface area contributed by atoms with Gasteiger partial charge in [-0.2, -0.15) is 0 Å². The molecule has 9 heteroatoms. The first-order valence-electron chi connectivity index (χ1n) is 22.1. The summed E-state index contributed by atoms with van der Waals surface area (Å²) in [5.74, 6) is -0.397. The summed E-state index contributed by atoms with van der Waals surface area (Å²) in [7, 11) is 1.33. The molecule has 0 saturated carbocycles. The minimum atomic E-state index is -4.53. The predicted octanol–water partition coefficient (Wildman–Crippen LogP) is 12.2. The van der Waals surface area contributed by atoms with Crippen LogP contribution in [-0.4, -0.2) is 70.7 Å². The van der Waals surface area contributed by atoms with Crippen LogP contribution in [0.5, 0.6) is 0 Å². The Morgan fingerprint density at radius 2 is 1.04 bits per heavy atom. The summed E-state index contributed by atoms with van der Waals surface area (Å²) < 4.78 is 34.5. The Bertz CT molecular complexity index is 905. The lowest BCUT2D eigenvalue weighted by molar-refractivity contribution is -0.870. The van der Waals surface area contributed by atoms with Crippen molar-refractivity contribution < 1.29 is 37.3 Å². The van der Waals surface area contributed by atoms with E-state index in [0.717, 1.165) is 25.7 Å². The number of quaternary nitrogens is 1. The number of phosphoric acid groups is 1. The number of carbonyl (C=O) groups is 1. The quantitative estimate of drug-likeness (QED) is 0.0201. The van der Waals surface area contributed by atoms with Gasteiger partial charge in [0, 0.05) is 13.0 Å². The Labute approximate surface area is 328 Å². The molecule has 2 unspecified atom stereocenters. The zero-order chi connectivity index (χ0) is 39.1. The van der Waals surface area contributed by atoms with Crippen molar-refractivity contribution in [2.45, 2.75) is 200 Å². The number of unbranched alkanes of at least 4 members (excludes halogenated alkanes) is 23.